The summed E-state index contributed by atoms with van der Waals surface area (Å²) in [5, 5.41) is 0. The highest BCUT2D eigenvalue weighted by atomic mass is 19.1. The van der Waals surface area contributed by atoms with Crippen LogP contribution in [-0.2, 0) is 0 Å². The van der Waals surface area contributed by atoms with Crippen LogP contribution in [0.3, 0.4) is 0 Å². The van der Waals surface area contributed by atoms with Crippen molar-refractivity contribution in [3.63, 3.8) is 0 Å². The second-order valence-electron chi connectivity index (χ2n) is 4.04. The number of piperidine rings is 1. The van der Waals surface area contributed by atoms with Gasteiger partial charge >= 0.3 is 0 Å². The first-order valence-corrected chi connectivity index (χ1v) is 5.82. The summed E-state index contributed by atoms with van der Waals surface area (Å²) in [6.07, 6.45) is 5.28. The molecule has 0 spiro atoms. The van der Waals surface area contributed by atoms with Gasteiger partial charge in [0.25, 0.3) is 5.95 Å². The van der Waals surface area contributed by atoms with Gasteiger partial charge < -0.3 is 4.74 Å². The van der Waals surface area contributed by atoms with Crippen LogP contribution in [0.1, 0.15) is 19.3 Å². The topological polar surface area (TPSA) is 25.4 Å². The largest absolute Gasteiger partial charge is 0.487 e. The molecule has 0 atom stereocenters. The predicted molar refractivity (Wildman–Crippen MR) is 60.0 cm³/mol. The molecule has 1 saturated heterocycles. The fraction of sp³-hybridized carbons (Fsp3) is 0.583. The quantitative estimate of drug-likeness (QED) is 0.732. The first-order chi connectivity index (χ1) is 7.86. The predicted octanol–water partition coefficient (Wildman–Crippen LogP) is 2.09. The molecule has 1 aliphatic rings. The van der Waals surface area contributed by atoms with Crippen molar-refractivity contribution in [2.45, 2.75) is 19.3 Å². The van der Waals surface area contributed by atoms with Crippen molar-refractivity contribution in [3.8, 4) is 5.75 Å². The summed E-state index contributed by atoms with van der Waals surface area (Å²) in [5.41, 5.74) is 0. The molecule has 16 heavy (non-hydrogen) atoms. The molecule has 1 aliphatic heterocycles. The number of rotatable bonds is 4. The van der Waals surface area contributed by atoms with Crippen LogP contribution in [0.2, 0.25) is 0 Å². The minimum absolute atomic E-state index is 0.250. The number of likely N-dealkylation sites (tertiary alicyclic amines) is 1. The van der Waals surface area contributed by atoms with E-state index < -0.39 is 5.95 Å². The highest BCUT2D eigenvalue weighted by molar-refractivity contribution is 5.17. The van der Waals surface area contributed by atoms with E-state index in [1.54, 1.807) is 12.1 Å². The number of hydrogen-bond acceptors (Lipinski definition) is 3. The maximum atomic E-state index is 13.1. The van der Waals surface area contributed by atoms with Crippen LogP contribution < -0.4 is 4.74 Å². The number of aromatic nitrogens is 1. The zero-order valence-corrected chi connectivity index (χ0v) is 9.36. The molecule has 0 aliphatic carbocycles. The standard InChI is InChI=1S/C12H17FN2O/c13-12-11(5-4-6-14-12)16-10-9-15-7-2-1-3-8-15/h4-6H,1-3,7-10H2. The zero-order chi connectivity index (χ0) is 11.2. The highest BCUT2D eigenvalue weighted by Gasteiger charge is 2.10. The monoisotopic (exact) mass is 224 g/mol. The van der Waals surface area contributed by atoms with Gasteiger partial charge in [0, 0.05) is 12.7 Å². The Hall–Kier alpha value is -1.16. The third-order valence-corrected chi connectivity index (χ3v) is 2.84. The van der Waals surface area contributed by atoms with Gasteiger partial charge in [-0.2, -0.15) is 4.39 Å². The van der Waals surface area contributed by atoms with E-state index in [1.165, 1.54) is 25.5 Å². The van der Waals surface area contributed by atoms with E-state index in [1.807, 2.05) is 0 Å². The van der Waals surface area contributed by atoms with Gasteiger partial charge in [-0.25, -0.2) is 4.98 Å². The first-order valence-electron chi connectivity index (χ1n) is 5.82. The van der Waals surface area contributed by atoms with E-state index in [0.717, 1.165) is 19.6 Å². The summed E-state index contributed by atoms with van der Waals surface area (Å²) in [6, 6.07) is 3.29. The summed E-state index contributed by atoms with van der Waals surface area (Å²) >= 11 is 0. The molecule has 0 bridgehead atoms. The summed E-state index contributed by atoms with van der Waals surface area (Å²) in [4.78, 5) is 5.90. The molecule has 3 nitrogen and oxygen atoms in total. The molecule has 0 N–H and O–H groups in total. The van der Waals surface area contributed by atoms with Crippen LogP contribution in [0.4, 0.5) is 4.39 Å². The third kappa shape index (κ3) is 3.17. The van der Waals surface area contributed by atoms with E-state index in [0.29, 0.717) is 6.61 Å². The molecule has 0 aromatic carbocycles. The molecule has 0 saturated carbocycles. The highest BCUT2D eigenvalue weighted by Crippen LogP contribution is 2.13. The summed E-state index contributed by atoms with van der Waals surface area (Å²) in [5.74, 6) is -0.277. The van der Waals surface area contributed by atoms with Crippen LogP contribution >= 0.6 is 0 Å². The third-order valence-electron chi connectivity index (χ3n) is 2.84. The lowest BCUT2D eigenvalue weighted by Gasteiger charge is -2.26. The number of hydrogen-bond donors (Lipinski definition) is 0. The average Bonchev–Trinajstić information content (AvgIpc) is 2.33. The maximum Gasteiger partial charge on any atom is 0.255 e. The average molecular weight is 224 g/mol. The molecule has 2 rings (SSSR count). The Kier molecular flexibility index (Phi) is 4.10. The van der Waals surface area contributed by atoms with Gasteiger partial charge in [0.1, 0.15) is 6.61 Å². The molecular formula is C12H17FN2O. The van der Waals surface area contributed by atoms with Crippen molar-refractivity contribution >= 4 is 0 Å². The Morgan fingerprint density at radius 2 is 2.12 bits per heavy atom. The fourth-order valence-electron chi connectivity index (χ4n) is 1.95. The number of nitrogens with zero attached hydrogens (tertiary/aromatic N) is 2. The van der Waals surface area contributed by atoms with E-state index in [9.17, 15) is 4.39 Å². The number of ether oxygens (including phenoxy) is 1. The van der Waals surface area contributed by atoms with E-state index in [-0.39, 0.29) is 5.75 Å². The van der Waals surface area contributed by atoms with Crippen molar-refractivity contribution in [1.29, 1.82) is 0 Å². The van der Waals surface area contributed by atoms with Crippen LogP contribution in [-0.4, -0.2) is 36.1 Å². The van der Waals surface area contributed by atoms with Gasteiger partial charge in [-0.3, -0.25) is 4.90 Å². The van der Waals surface area contributed by atoms with E-state index in [2.05, 4.69) is 9.88 Å². The Morgan fingerprint density at radius 3 is 2.88 bits per heavy atom. The summed E-state index contributed by atoms with van der Waals surface area (Å²) in [7, 11) is 0. The molecule has 0 unspecified atom stereocenters. The van der Waals surface area contributed by atoms with Gasteiger partial charge in [0.05, 0.1) is 0 Å². The molecule has 1 aromatic rings. The Morgan fingerprint density at radius 1 is 1.31 bits per heavy atom. The van der Waals surface area contributed by atoms with Crippen LogP contribution in [0, 0.1) is 5.95 Å². The maximum absolute atomic E-state index is 13.1. The molecule has 88 valence electrons. The molecule has 2 heterocycles. The van der Waals surface area contributed by atoms with Crippen molar-refractivity contribution in [2.24, 2.45) is 0 Å². The van der Waals surface area contributed by atoms with Crippen molar-refractivity contribution in [1.82, 2.24) is 9.88 Å². The Bertz CT molecular complexity index is 327. The first kappa shape index (κ1) is 11.3. The zero-order valence-electron chi connectivity index (χ0n) is 9.36. The fourth-order valence-corrected chi connectivity index (χ4v) is 1.95. The van der Waals surface area contributed by atoms with Crippen molar-refractivity contribution in [2.75, 3.05) is 26.2 Å². The Balaban J connectivity index is 1.73. The minimum atomic E-state index is -0.527. The molecule has 4 heteroatoms. The van der Waals surface area contributed by atoms with E-state index in [4.69, 9.17) is 4.74 Å². The molecule has 1 aromatic heterocycles. The van der Waals surface area contributed by atoms with Gasteiger partial charge in [-0.05, 0) is 38.1 Å². The van der Waals surface area contributed by atoms with Crippen molar-refractivity contribution < 1.29 is 9.13 Å². The minimum Gasteiger partial charge on any atom is -0.487 e. The van der Waals surface area contributed by atoms with Gasteiger partial charge in [-0.15, -0.1) is 0 Å². The lowest BCUT2D eigenvalue weighted by Crippen LogP contribution is -2.33. The summed E-state index contributed by atoms with van der Waals surface area (Å²) < 4.78 is 18.5. The second kappa shape index (κ2) is 5.80. The molecule has 0 amide bonds. The smallest absolute Gasteiger partial charge is 0.255 e. The van der Waals surface area contributed by atoms with Crippen LogP contribution in [0.25, 0.3) is 0 Å². The summed E-state index contributed by atoms with van der Waals surface area (Å²) in [6.45, 7) is 3.68. The van der Waals surface area contributed by atoms with Crippen LogP contribution in [0.5, 0.6) is 5.75 Å². The SMILES string of the molecule is Fc1ncccc1OCCN1CCCCC1. The number of pyridine rings is 1. The normalized spacial score (nSPS) is 17.3. The van der Waals surface area contributed by atoms with Gasteiger partial charge in [0.15, 0.2) is 5.75 Å². The van der Waals surface area contributed by atoms with Gasteiger partial charge in [-0.1, -0.05) is 6.42 Å². The number of halogens is 1. The van der Waals surface area contributed by atoms with Gasteiger partial charge in [0.2, 0.25) is 0 Å². The second-order valence-corrected chi connectivity index (χ2v) is 4.04. The van der Waals surface area contributed by atoms with Crippen molar-refractivity contribution in [3.05, 3.63) is 24.3 Å². The lowest BCUT2D eigenvalue weighted by atomic mass is 10.1. The Labute approximate surface area is 95.2 Å². The van der Waals surface area contributed by atoms with E-state index >= 15 is 0 Å². The molecule has 1 fully saturated rings. The van der Waals surface area contributed by atoms with Crippen LogP contribution in [0.15, 0.2) is 18.3 Å². The molecular weight excluding hydrogens is 207 g/mol. The lowest BCUT2D eigenvalue weighted by molar-refractivity contribution is 0.179. The molecule has 0 radical (unpaired) electrons.